The highest BCUT2D eigenvalue weighted by Gasteiger charge is 2.18. The molecule has 0 fully saturated rings. The van der Waals surface area contributed by atoms with Crippen LogP contribution in [0.5, 0.6) is 0 Å². The summed E-state index contributed by atoms with van der Waals surface area (Å²) in [7, 11) is 0. The van der Waals surface area contributed by atoms with E-state index in [1.165, 1.54) is 0 Å². The van der Waals surface area contributed by atoms with Gasteiger partial charge in [0.25, 0.3) is 0 Å². The number of pyridine rings is 1. The van der Waals surface area contributed by atoms with E-state index in [-0.39, 0.29) is 43.4 Å². The van der Waals surface area contributed by atoms with E-state index in [4.69, 9.17) is 0 Å². The summed E-state index contributed by atoms with van der Waals surface area (Å²) >= 11 is 0. The zero-order chi connectivity index (χ0) is 28.0. The van der Waals surface area contributed by atoms with Crippen LogP contribution in [0.25, 0.3) is 0 Å². The number of rotatable bonds is 13. The molecular formula is C33H33N4O3+. The smallest absolute Gasteiger partial charge is 0.305 e. The lowest BCUT2D eigenvalue weighted by Crippen LogP contribution is -2.41. The van der Waals surface area contributed by atoms with Gasteiger partial charge in [-0.2, -0.15) is 9.67 Å². The maximum Gasteiger partial charge on any atom is 0.305 e. The Morgan fingerprint density at radius 2 is 1.20 bits per heavy atom. The molecule has 7 heteroatoms. The molecule has 7 nitrogen and oxygen atoms in total. The highest BCUT2D eigenvalue weighted by molar-refractivity contribution is 6.10. The van der Waals surface area contributed by atoms with Crippen LogP contribution in [0.4, 0.5) is 0 Å². The normalized spacial score (nSPS) is 11.1. The minimum atomic E-state index is -0.318. The number of nitrogens with zero attached hydrogens (tertiary/aromatic N) is 3. The summed E-state index contributed by atoms with van der Waals surface area (Å²) in [5.41, 5.74) is 5.65. The van der Waals surface area contributed by atoms with Crippen LogP contribution in [0.3, 0.4) is 0 Å². The Morgan fingerprint density at radius 3 is 1.77 bits per heavy atom. The number of hydrogen-bond acceptors (Lipinski definition) is 4. The van der Waals surface area contributed by atoms with Crippen molar-refractivity contribution in [2.75, 3.05) is 0 Å². The van der Waals surface area contributed by atoms with Crippen molar-refractivity contribution >= 4 is 23.3 Å². The largest absolute Gasteiger partial charge is 0.334 e. The lowest BCUT2D eigenvalue weighted by molar-refractivity contribution is -0.684. The Kier molecular flexibility index (Phi) is 10.5. The van der Waals surface area contributed by atoms with Crippen LogP contribution in [-0.2, 0) is 29.2 Å². The van der Waals surface area contributed by atoms with Crippen LogP contribution in [0.15, 0.2) is 127 Å². The number of nitrogens with one attached hydrogen (secondary N) is 1. The molecule has 2 amide bonds. The number of aromatic nitrogens is 1. The predicted molar refractivity (Wildman–Crippen MR) is 154 cm³/mol. The molecule has 0 saturated carbocycles. The van der Waals surface area contributed by atoms with Gasteiger partial charge in [0.2, 0.25) is 12.5 Å². The Bertz CT molecular complexity index is 1370. The van der Waals surface area contributed by atoms with Gasteiger partial charge in [-0.15, -0.1) is 0 Å². The van der Waals surface area contributed by atoms with Gasteiger partial charge in [0.05, 0.1) is 6.42 Å². The molecule has 1 aromatic heterocycles. The number of Topliss-reactive ketones (excluding diaryl/α,β-unsaturated/α-hetero) is 1. The average molecular weight is 534 g/mol. The van der Waals surface area contributed by atoms with Gasteiger partial charge in [-0.1, -0.05) is 97.1 Å². The SMILES string of the molecule is O=C(C[n+]1ccccc1)N/N=C(\CCC(=O)N(Cc1ccccc1)Cc1ccccc1)CC(=O)c1ccccc1. The summed E-state index contributed by atoms with van der Waals surface area (Å²) in [6.07, 6.45) is 3.99. The minimum absolute atomic E-state index is 0.00736. The number of hydrogen-bond donors (Lipinski definition) is 1. The fourth-order valence-corrected chi connectivity index (χ4v) is 4.23. The van der Waals surface area contributed by atoms with E-state index in [1.807, 2.05) is 89.8 Å². The Balaban J connectivity index is 1.46. The molecule has 0 aliphatic heterocycles. The molecule has 0 aliphatic rings. The van der Waals surface area contributed by atoms with Crippen LogP contribution < -0.4 is 9.99 Å². The van der Waals surface area contributed by atoms with Gasteiger partial charge >= 0.3 is 5.91 Å². The van der Waals surface area contributed by atoms with Crippen molar-refractivity contribution in [3.05, 3.63) is 138 Å². The molecule has 0 bridgehead atoms. The summed E-state index contributed by atoms with van der Waals surface area (Å²) in [5.74, 6) is -0.496. The van der Waals surface area contributed by atoms with Gasteiger partial charge in [-0.3, -0.25) is 14.4 Å². The Morgan fingerprint density at radius 1 is 0.675 bits per heavy atom. The lowest BCUT2D eigenvalue weighted by Gasteiger charge is -2.23. The molecule has 40 heavy (non-hydrogen) atoms. The quantitative estimate of drug-likeness (QED) is 0.117. The molecule has 0 unspecified atom stereocenters. The number of amides is 2. The summed E-state index contributed by atoms with van der Waals surface area (Å²) in [6.45, 7) is 1.02. The third-order valence-electron chi connectivity index (χ3n) is 6.32. The second kappa shape index (κ2) is 14.9. The van der Waals surface area contributed by atoms with Crippen LogP contribution in [0, 0.1) is 0 Å². The van der Waals surface area contributed by atoms with Gasteiger partial charge < -0.3 is 4.90 Å². The molecular weight excluding hydrogens is 500 g/mol. The van der Waals surface area contributed by atoms with Crippen molar-refractivity contribution < 1.29 is 19.0 Å². The molecule has 3 aromatic carbocycles. The number of carbonyl (C=O) groups excluding carboxylic acids is 3. The van der Waals surface area contributed by atoms with Gasteiger partial charge in [0.15, 0.2) is 18.2 Å². The summed E-state index contributed by atoms with van der Waals surface area (Å²) in [4.78, 5) is 40.8. The lowest BCUT2D eigenvalue weighted by atomic mass is 10.0. The standard InChI is InChI=1S/C33H32N4O3/c38-31(29-17-9-3-10-18-29)23-30(34-35-32(39)26-36-21-11-4-12-22-36)19-20-33(40)37(24-27-13-5-1-6-14-27)25-28-15-7-2-8-16-28/h1-18,21-22H,19-20,23-26H2/p+1/b34-30+. The van der Waals surface area contributed by atoms with Gasteiger partial charge in [0.1, 0.15) is 0 Å². The zero-order valence-electron chi connectivity index (χ0n) is 22.4. The molecule has 0 aliphatic carbocycles. The monoisotopic (exact) mass is 533 g/mol. The van der Waals surface area contributed by atoms with E-state index in [0.717, 1.165) is 11.1 Å². The fourth-order valence-electron chi connectivity index (χ4n) is 4.23. The van der Waals surface area contributed by atoms with E-state index in [9.17, 15) is 14.4 Å². The van der Waals surface area contributed by atoms with Crippen molar-refractivity contribution in [1.82, 2.24) is 10.3 Å². The number of hydrazone groups is 1. The first-order valence-corrected chi connectivity index (χ1v) is 13.3. The predicted octanol–water partition coefficient (Wildman–Crippen LogP) is 4.73. The first-order chi connectivity index (χ1) is 19.6. The summed E-state index contributed by atoms with van der Waals surface area (Å²) < 4.78 is 1.73. The molecule has 0 spiro atoms. The molecule has 4 rings (SSSR count). The molecule has 202 valence electrons. The highest BCUT2D eigenvalue weighted by Crippen LogP contribution is 2.14. The fraction of sp³-hybridized carbons (Fsp3) is 0.182. The van der Waals surface area contributed by atoms with Crippen molar-refractivity contribution in [2.24, 2.45) is 5.10 Å². The van der Waals surface area contributed by atoms with Crippen molar-refractivity contribution in [1.29, 1.82) is 0 Å². The van der Waals surface area contributed by atoms with E-state index >= 15 is 0 Å². The van der Waals surface area contributed by atoms with Crippen LogP contribution >= 0.6 is 0 Å². The number of ketones is 1. The second-order valence-corrected chi connectivity index (χ2v) is 9.45. The van der Waals surface area contributed by atoms with Crippen molar-refractivity contribution in [2.45, 2.75) is 38.9 Å². The van der Waals surface area contributed by atoms with Crippen LogP contribution in [-0.4, -0.2) is 28.2 Å². The zero-order valence-corrected chi connectivity index (χ0v) is 22.4. The van der Waals surface area contributed by atoms with Crippen molar-refractivity contribution in [3.63, 3.8) is 0 Å². The van der Waals surface area contributed by atoms with Crippen molar-refractivity contribution in [3.8, 4) is 0 Å². The van der Waals surface area contributed by atoms with E-state index in [1.54, 1.807) is 41.2 Å². The van der Waals surface area contributed by atoms with E-state index < -0.39 is 0 Å². The van der Waals surface area contributed by atoms with Gasteiger partial charge in [0, 0.05) is 42.9 Å². The molecule has 1 heterocycles. The molecule has 1 N–H and O–H groups in total. The summed E-state index contributed by atoms with van der Waals surface area (Å²) in [6, 6.07) is 34.2. The third kappa shape index (κ3) is 9.13. The summed E-state index contributed by atoms with van der Waals surface area (Å²) in [5, 5.41) is 4.30. The maximum atomic E-state index is 13.5. The maximum absolute atomic E-state index is 13.5. The number of benzene rings is 3. The highest BCUT2D eigenvalue weighted by atomic mass is 16.2. The first kappa shape index (κ1) is 28.1. The van der Waals surface area contributed by atoms with Crippen LogP contribution in [0.2, 0.25) is 0 Å². The number of carbonyl (C=O) groups is 3. The Hall–Kier alpha value is -4.91. The second-order valence-electron chi connectivity index (χ2n) is 9.45. The average Bonchev–Trinajstić information content (AvgIpc) is 3.00. The van der Waals surface area contributed by atoms with E-state index in [0.29, 0.717) is 24.4 Å². The van der Waals surface area contributed by atoms with Gasteiger partial charge in [-0.05, 0) is 17.5 Å². The molecule has 4 aromatic rings. The minimum Gasteiger partial charge on any atom is -0.334 e. The van der Waals surface area contributed by atoms with E-state index in [2.05, 4.69) is 10.5 Å². The van der Waals surface area contributed by atoms with Gasteiger partial charge in [-0.25, -0.2) is 5.43 Å². The van der Waals surface area contributed by atoms with Crippen LogP contribution in [0.1, 0.15) is 40.7 Å². The molecule has 0 saturated heterocycles. The molecule has 0 radical (unpaired) electrons. The molecule has 0 atom stereocenters. The Labute approximate surface area is 234 Å². The third-order valence-corrected chi connectivity index (χ3v) is 6.32. The topological polar surface area (TPSA) is 82.7 Å². The first-order valence-electron chi connectivity index (χ1n) is 13.3.